The van der Waals surface area contributed by atoms with Crippen LogP contribution >= 0.6 is 11.3 Å². The molecule has 2 aromatic carbocycles. The lowest BCUT2D eigenvalue weighted by atomic mass is 10.1. The Kier molecular flexibility index (Phi) is 4.81. The van der Waals surface area contributed by atoms with Crippen LogP contribution < -0.4 is 5.32 Å². The molecule has 0 aliphatic carbocycles. The van der Waals surface area contributed by atoms with E-state index in [0.29, 0.717) is 6.54 Å². The predicted molar refractivity (Wildman–Crippen MR) is 116 cm³/mol. The van der Waals surface area contributed by atoms with Gasteiger partial charge >= 0.3 is 6.03 Å². The number of urea groups is 1. The summed E-state index contributed by atoms with van der Waals surface area (Å²) in [5, 5.41) is 5.18. The number of thiazole rings is 1. The number of aromatic nitrogens is 2. The van der Waals surface area contributed by atoms with Gasteiger partial charge in [0.15, 0.2) is 0 Å². The van der Waals surface area contributed by atoms with E-state index in [2.05, 4.69) is 53.4 Å². The summed E-state index contributed by atoms with van der Waals surface area (Å²) in [6, 6.07) is 14.1. The van der Waals surface area contributed by atoms with Crippen LogP contribution in [-0.4, -0.2) is 27.9 Å². The van der Waals surface area contributed by atoms with Gasteiger partial charge < -0.3 is 15.2 Å². The largest absolute Gasteiger partial charge is 0.358 e. The van der Waals surface area contributed by atoms with Crippen molar-refractivity contribution >= 4 is 38.5 Å². The summed E-state index contributed by atoms with van der Waals surface area (Å²) >= 11 is 1.63. The molecule has 1 atom stereocenters. The van der Waals surface area contributed by atoms with E-state index in [4.69, 9.17) is 0 Å². The van der Waals surface area contributed by atoms with Crippen molar-refractivity contribution in [3.63, 3.8) is 0 Å². The van der Waals surface area contributed by atoms with Crippen molar-refractivity contribution in [3.8, 4) is 0 Å². The molecule has 0 radical (unpaired) electrons. The van der Waals surface area contributed by atoms with Gasteiger partial charge in [-0.25, -0.2) is 9.78 Å². The van der Waals surface area contributed by atoms with Crippen molar-refractivity contribution in [3.05, 3.63) is 64.3 Å². The molecule has 5 nitrogen and oxygen atoms in total. The fourth-order valence-electron chi connectivity index (χ4n) is 3.33. The van der Waals surface area contributed by atoms with E-state index in [0.717, 1.165) is 26.3 Å². The number of benzene rings is 2. The zero-order chi connectivity index (χ0) is 19.8. The molecule has 2 amide bonds. The third-order valence-corrected chi connectivity index (χ3v) is 6.59. The number of nitrogens with one attached hydrogen (secondary N) is 2. The van der Waals surface area contributed by atoms with Crippen molar-refractivity contribution in [2.75, 3.05) is 7.05 Å². The van der Waals surface area contributed by atoms with E-state index in [1.165, 1.54) is 16.6 Å². The smallest absolute Gasteiger partial charge is 0.317 e. The number of fused-ring (bicyclic) bond motifs is 2. The first-order chi connectivity index (χ1) is 13.4. The Labute approximate surface area is 168 Å². The lowest BCUT2D eigenvalue weighted by molar-refractivity contribution is 0.194. The van der Waals surface area contributed by atoms with Gasteiger partial charge in [0.1, 0.15) is 5.01 Å². The summed E-state index contributed by atoms with van der Waals surface area (Å²) in [5.41, 5.74) is 5.63. The minimum atomic E-state index is -0.103. The normalized spacial score (nSPS) is 12.4. The summed E-state index contributed by atoms with van der Waals surface area (Å²) in [4.78, 5) is 22.4. The quantitative estimate of drug-likeness (QED) is 0.495. The van der Waals surface area contributed by atoms with Gasteiger partial charge in [-0.15, -0.1) is 11.3 Å². The van der Waals surface area contributed by atoms with Crippen molar-refractivity contribution < 1.29 is 4.79 Å². The monoisotopic (exact) mass is 392 g/mol. The summed E-state index contributed by atoms with van der Waals surface area (Å²) in [5.74, 6) is 0. The second-order valence-corrected chi connectivity index (χ2v) is 8.28. The Morgan fingerprint density at radius 1 is 1.25 bits per heavy atom. The van der Waals surface area contributed by atoms with Gasteiger partial charge in [0, 0.05) is 30.2 Å². The molecule has 2 N–H and O–H groups in total. The number of carbonyl (C=O) groups is 1. The number of rotatable bonds is 4. The topological polar surface area (TPSA) is 61.0 Å². The lowest BCUT2D eigenvalue weighted by Gasteiger charge is -2.23. The first-order valence-corrected chi connectivity index (χ1v) is 10.2. The number of carbonyl (C=O) groups excluding carboxylic acids is 1. The number of hydrogen-bond acceptors (Lipinski definition) is 3. The minimum Gasteiger partial charge on any atom is -0.358 e. The summed E-state index contributed by atoms with van der Waals surface area (Å²) in [6.07, 6.45) is 0. The SMILES string of the molecule is Cc1[nH]c2ccc(CNC(=O)N(C)C(C)c3nc4ccccc4s3)cc2c1C. The standard InChI is InChI=1S/C22H24N4OS/c1-13-14(2)24-18-10-9-16(11-17(13)18)12-23-22(27)26(4)15(3)21-25-19-7-5-6-8-20(19)28-21/h5-11,15,24H,12H2,1-4H3,(H,23,27). The van der Waals surface area contributed by atoms with Crippen LogP contribution in [0.3, 0.4) is 0 Å². The molecule has 28 heavy (non-hydrogen) atoms. The second-order valence-electron chi connectivity index (χ2n) is 7.22. The number of hydrogen-bond donors (Lipinski definition) is 2. The van der Waals surface area contributed by atoms with Gasteiger partial charge in [-0.3, -0.25) is 0 Å². The highest BCUT2D eigenvalue weighted by atomic mass is 32.1. The molecule has 0 aliphatic heterocycles. The van der Waals surface area contributed by atoms with E-state index < -0.39 is 0 Å². The molecule has 4 aromatic rings. The van der Waals surface area contributed by atoms with Crippen molar-refractivity contribution in [2.45, 2.75) is 33.4 Å². The van der Waals surface area contributed by atoms with Crippen LogP contribution in [0.4, 0.5) is 4.79 Å². The molecule has 2 aromatic heterocycles. The third kappa shape index (κ3) is 3.36. The van der Waals surface area contributed by atoms with Gasteiger partial charge in [-0.2, -0.15) is 0 Å². The van der Waals surface area contributed by atoms with E-state index in [-0.39, 0.29) is 12.1 Å². The highest BCUT2D eigenvalue weighted by Crippen LogP contribution is 2.29. The maximum absolute atomic E-state index is 12.7. The summed E-state index contributed by atoms with van der Waals surface area (Å²) in [7, 11) is 1.81. The molecular weight excluding hydrogens is 368 g/mol. The van der Waals surface area contributed by atoms with Crippen molar-refractivity contribution in [1.29, 1.82) is 0 Å². The average Bonchev–Trinajstić information content (AvgIpc) is 3.26. The molecule has 2 heterocycles. The molecule has 144 valence electrons. The van der Waals surface area contributed by atoms with Gasteiger partial charge in [-0.1, -0.05) is 18.2 Å². The second kappa shape index (κ2) is 7.28. The zero-order valence-electron chi connectivity index (χ0n) is 16.5. The molecule has 6 heteroatoms. The first-order valence-electron chi connectivity index (χ1n) is 9.38. The number of H-pyrrole nitrogens is 1. The fraction of sp³-hybridized carbons (Fsp3) is 0.273. The Morgan fingerprint density at radius 2 is 2.04 bits per heavy atom. The summed E-state index contributed by atoms with van der Waals surface area (Å²) < 4.78 is 1.14. The molecule has 1 unspecified atom stereocenters. The highest BCUT2D eigenvalue weighted by Gasteiger charge is 2.20. The number of para-hydroxylation sites is 1. The third-order valence-electron chi connectivity index (χ3n) is 5.39. The Balaban J connectivity index is 1.44. The average molecular weight is 393 g/mol. The van der Waals surface area contributed by atoms with E-state index in [1.807, 2.05) is 32.2 Å². The Morgan fingerprint density at radius 3 is 2.82 bits per heavy atom. The van der Waals surface area contributed by atoms with Crippen molar-refractivity contribution in [1.82, 2.24) is 20.2 Å². The van der Waals surface area contributed by atoms with Gasteiger partial charge in [-0.05, 0) is 56.2 Å². The van der Waals surface area contributed by atoms with Crippen LogP contribution in [0.1, 0.15) is 34.8 Å². The van der Waals surface area contributed by atoms with E-state index >= 15 is 0 Å². The van der Waals surface area contributed by atoms with Gasteiger partial charge in [0.2, 0.25) is 0 Å². The molecule has 0 aliphatic rings. The lowest BCUT2D eigenvalue weighted by Crippen LogP contribution is -2.38. The Hall–Kier alpha value is -2.86. The maximum atomic E-state index is 12.7. The maximum Gasteiger partial charge on any atom is 0.317 e. The van der Waals surface area contributed by atoms with Crippen molar-refractivity contribution in [2.24, 2.45) is 0 Å². The molecule has 0 bridgehead atoms. The van der Waals surface area contributed by atoms with Crippen LogP contribution in [0.5, 0.6) is 0 Å². The first kappa shape index (κ1) is 18.5. The zero-order valence-corrected chi connectivity index (χ0v) is 17.4. The molecular formula is C22H24N4OS. The fourth-order valence-corrected chi connectivity index (χ4v) is 4.39. The predicted octanol–water partition coefficient (Wildman–Crippen LogP) is 5.30. The number of aryl methyl sites for hydroxylation is 2. The number of amides is 2. The van der Waals surface area contributed by atoms with E-state index in [1.54, 1.807) is 16.2 Å². The molecule has 4 rings (SSSR count). The van der Waals surface area contributed by atoms with Crippen LogP contribution in [0.2, 0.25) is 0 Å². The summed E-state index contributed by atoms with van der Waals surface area (Å²) in [6.45, 7) is 6.70. The van der Waals surface area contributed by atoms with Crippen LogP contribution in [0.15, 0.2) is 42.5 Å². The van der Waals surface area contributed by atoms with E-state index in [9.17, 15) is 4.79 Å². The highest BCUT2D eigenvalue weighted by molar-refractivity contribution is 7.18. The molecule has 0 fully saturated rings. The molecule has 0 spiro atoms. The molecule has 0 saturated carbocycles. The van der Waals surface area contributed by atoms with Gasteiger partial charge in [0.25, 0.3) is 0 Å². The van der Waals surface area contributed by atoms with Gasteiger partial charge in [0.05, 0.1) is 16.3 Å². The minimum absolute atomic E-state index is 0.0885. The van der Waals surface area contributed by atoms with Crippen LogP contribution in [0.25, 0.3) is 21.1 Å². The number of aromatic amines is 1. The van der Waals surface area contributed by atoms with Crippen LogP contribution in [-0.2, 0) is 6.54 Å². The number of nitrogens with zero attached hydrogens (tertiary/aromatic N) is 2. The molecule has 0 saturated heterocycles. The van der Waals surface area contributed by atoms with Crippen LogP contribution in [0, 0.1) is 13.8 Å². The Bertz CT molecular complexity index is 1130.